The van der Waals surface area contributed by atoms with Gasteiger partial charge in [0, 0.05) is 0 Å². The van der Waals surface area contributed by atoms with Gasteiger partial charge in [-0.2, -0.15) is 10.1 Å². The third-order valence-corrected chi connectivity index (χ3v) is 4.48. The van der Waals surface area contributed by atoms with Crippen LogP contribution in [-0.4, -0.2) is 40.4 Å². The average molecular weight is 338 g/mol. The Bertz CT molecular complexity index is 588. The first kappa shape index (κ1) is 16.8. The highest BCUT2D eigenvalue weighted by Crippen LogP contribution is 2.29. The summed E-state index contributed by atoms with van der Waals surface area (Å²) in [5.41, 5.74) is 0.806. The molecule has 1 aliphatic rings. The topological polar surface area (TPSA) is 51.1 Å². The average Bonchev–Trinajstić information content (AvgIpc) is 2.84. The van der Waals surface area contributed by atoms with E-state index in [4.69, 9.17) is 21.7 Å². The van der Waals surface area contributed by atoms with Crippen LogP contribution < -0.4 is 9.47 Å². The molecule has 1 aliphatic heterocycles. The molecule has 5 nitrogen and oxygen atoms in total. The van der Waals surface area contributed by atoms with E-state index in [1.54, 1.807) is 13.3 Å². The maximum Gasteiger partial charge on any atom is 0.259 e. The van der Waals surface area contributed by atoms with E-state index < -0.39 is 0 Å². The molecule has 7 heteroatoms. The van der Waals surface area contributed by atoms with Gasteiger partial charge in [0.2, 0.25) is 0 Å². The summed E-state index contributed by atoms with van der Waals surface area (Å²) in [5.74, 6) is 1.57. The van der Waals surface area contributed by atoms with Crippen molar-refractivity contribution in [2.24, 2.45) is 5.10 Å². The SMILES string of the molecule is CC[C@@H](C)Oc1ccc(/C=N\N2C(=O)CSC2=S)cc1OC. The number of ether oxygens (including phenoxy) is 2. The Kier molecular flexibility index (Phi) is 5.79. The summed E-state index contributed by atoms with van der Waals surface area (Å²) in [4.78, 5) is 11.6. The van der Waals surface area contributed by atoms with E-state index in [-0.39, 0.29) is 12.0 Å². The Morgan fingerprint density at radius 3 is 2.86 bits per heavy atom. The van der Waals surface area contributed by atoms with Crippen LogP contribution in [0.2, 0.25) is 0 Å². The van der Waals surface area contributed by atoms with Crippen LogP contribution in [0, 0.1) is 0 Å². The molecule has 0 bridgehead atoms. The normalized spacial score (nSPS) is 16.4. The van der Waals surface area contributed by atoms with Crippen molar-refractivity contribution >= 4 is 40.4 Å². The van der Waals surface area contributed by atoms with Crippen LogP contribution in [0.25, 0.3) is 0 Å². The molecule has 1 saturated heterocycles. The second kappa shape index (κ2) is 7.60. The third kappa shape index (κ3) is 3.98. The first-order valence-corrected chi connectivity index (χ1v) is 8.33. The number of carbonyl (C=O) groups is 1. The minimum Gasteiger partial charge on any atom is -0.493 e. The summed E-state index contributed by atoms with van der Waals surface area (Å²) < 4.78 is 11.6. The number of methoxy groups -OCH3 is 1. The second-order valence-electron chi connectivity index (χ2n) is 4.75. The molecule has 22 heavy (non-hydrogen) atoms. The lowest BCUT2D eigenvalue weighted by Gasteiger charge is -2.15. The number of rotatable bonds is 6. The Hall–Kier alpha value is -1.60. The predicted octanol–water partition coefficient (Wildman–Crippen LogP) is 3.07. The van der Waals surface area contributed by atoms with Gasteiger partial charge in [-0.3, -0.25) is 4.79 Å². The van der Waals surface area contributed by atoms with E-state index in [1.165, 1.54) is 16.8 Å². The van der Waals surface area contributed by atoms with E-state index in [2.05, 4.69) is 12.0 Å². The number of hydrogen-bond acceptors (Lipinski definition) is 6. The standard InChI is InChI=1S/C15H18N2O3S2/c1-4-10(2)20-12-6-5-11(7-13(12)19-3)8-16-17-14(18)9-22-15(17)21/h5-8,10H,4,9H2,1-3H3/b16-8-/t10-/m1/s1. The molecule has 1 heterocycles. The van der Waals surface area contributed by atoms with Crippen LogP contribution in [-0.2, 0) is 4.79 Å². The van der Waals surface area contributed by atoms with Gasteiger partial charge in [0.25, 0.3) is 5.91 Å². The zero-order valence-corrected chi connectivity index (χ0v) is 14.4. The summed E-state index contributed by atoms with van der Waals surface area (Å²) in [6.45, 7) is 4.07. The zero-order valence-electron chi connectivity index (χ0n) is 12.7. The molecule has 1 aromatic rings. The van der Waals surface area contributed by atoms with Gasteiger partial charge in [0.05, 0.1) is 25.2 Å². The van der Waals surface area contributed by atoms with Gasteiger partial charge < -0.3 is 9.47 Å². The lowest BCUT2D eigenvalue weighted by molar-refractivity contribution is -0.123. The van der Waals surface area contributed by atoms with Crippen LogP contribution in [0.4, 0.5) is 0 Å². The van der Waals surface area contributed by atoms with Crippen LogP contribution in [0.3, 0.4) is 0 Å². The highest BCUT2D eigenvalue weighted by atomic mass is 32.2. The van der Waals surface area contributed by atoms with Crippen molar-refractivity contribution < 1.29 is 14.3 Å². The predicted molar refractivity (Wildman–Crippen MR) is 92.9 cm³/mol. The molecule has 0 saturated carbocycles. The van der Waals surface area contributed by atoms with E-state index in [0.717, 1.165) is 12.0 Å². The first-order valence-electron chi connectivity index (χ1n) is 6.93. The number of amides is 1. The lowest BCUT2D eigenvalue weighted by Crippen LogP contribution is -2.22. The van der Waals surface area contributed by atoms with Crippen molar-refractivity contribution in [1.82, 2.24) is 5.01 Å². The largest absolute Gasteiger partial charge is 0.493 e. The van der Waals surface area contributed by atoms with Gasteiger partial charge in [-0.15, -0.1) is 0 Å². The molecule has 0 N–H and O–H groups in total. The van der Waals surface area contributed by atoms with Crippen molar-refractivity contribution in [1.29, 1.82) is 0 Å². The maximum absolute atomic E-state index is 11.6. The van der Waals surface area contributed by atoms with Crippen LogP contribution in [0.1, 0.15) is 25.8 Å². The van der Waals surface area contributed by atoms with Crippen molar-refractivity contribution in [3.63, 3.8) is 0 Å². The minimum absolute atomic E-state index is 0.102. The molecular formula is C15H18N2O3S2. The molecule has 1 amide bonds. The number of nitrogens with zero attached hydrogens (tertiary/aromatic N) is 2. The molecule has 0 unspecified atom stereocenters. The smallest absolute Gasteiger partial charge is 0.259 e. The van der Waals surface area contributed by atoms with E-state index in [0.29, 0.717) is 21.6 Å². The highest BCUT2D eigenvalue weighted by molar-refractivity contribution is 8.23. The second-order valence-corrected chi connectivity index (χ2v) is 6.36. The number of thioether (sulfide) groups is 1. The Balaban J connectivity index is 2.15. The molecule has 0 aromatic heterocycles. The van der Waals surface area contributed by atoms with Crippen molar-refractivity contribution in [2.45, 2.75) is 26.4 Å². The van der Waals surface area contributed by atoms with Gasteiger partial charge in [-0.05, 0) is 37.1 Å². The number of benzene rings is 1. The van der Waals surface area contributed by atoms with Crippen molar-refractivity contribution in [3.05, 3.63) is 23.8 Å². The van der Waals surface area contributed by atoms with Crippen molar-refractivity contribution in [3.8, 4) is 11.5 Å². The zero-order chi connectivity index (χ0) is 16.1. The third-order valence-electron chi connectivity index (χ3n) is 3.14. The number of thiocarbonyl (C=S) groups is 1. The summed E-state index contributed by atoms with van der Waals surface area (Å²) in [6.07, 6.45) is 2.62. The van der Waals surface area contributed by atoms with Gasteiger partial charge in [-0.25, -0.2) is 0 Å². The summed E-state index contributed by atoms with van der Waals surface area (Å²) in [5, 5.41) is 5.38. The molecule has 2 rings (SSSR count). The molecule has 1 atom stereocenters. The lowest BCUT2D eigenvalue weighted by atomic mass is 10.2. The summed E-state index contributed by atoms with van der Waals surface area (Å²) in [6, 6.07) is 5.52. The Morgan fingerprint density at radius 2 is 2.27 bits per heavy atom. The highest BCUT2D eigenvalue weighted by Gasteiger charge is 2.25. The van der Waals surface area contributed by atoms with E-state index >= 15 is 0 Å². The minimum atomic E-state index is -0.102. The summed E-state index contributed by atoms with van der Waals surface area (Å²) in [7, 11) is 1.59. The fourth-order valence-electron chi connectivity index (χ4n) is 1.75. The van der Waals surface area contributed by atoms with Gasteiger partial charge >= 0.3 is 0 Å². The number of hydrazone groups is 1. The fraction of sp³-hybridized carbons (Fsp3) is 0.400. The van der Waals surface area contributed by atoms with E-state index in [1.807, 2.05) is 25.1 Å². The molecule has 0 radical (unpaired) electrons. The van der Waals surface area contributed by atoms with Gasteiger partial charge in [0.15, 0.2) is 15.8 Å². The molecular weight excluding hydrogens is 320 g/mol. The molecule has 1 fully saturated rings. The Labute approximate surface area is 139 Å². The van der Waals surface area contributed by atoms with Gasteiger partial charge in [0.1, 0.15) is 0 Å². The first-order chi connectivity index (χ1) is 10.5. The quantitative estimate of drug-likeness (QED) is 0.589. The number of carbonyl (C=O) groups excluding carboxylic acids is 1. The Morgan fingerprint density at radius 1 is 1.50 bits per heavy atom. The van der Waals surface area contributed by atoms with Crippen LogP contribution in [0.5, 0.6) is 11.5 Å². The molecule has 118 valence electrons. The van der Waals surface area contributed by atoms with Gasteiger partial charge in [-0.1, -0.05) is 30.9 Å². The number of hydrogen-bond donors (Lipinski definition) is 0. The summed E-state index contributed by atoms with van der Waals surface area (Å²) >= 11 is 6.39. The van der Waals surface area contributed by atoms with Crippen LogP contribution >= 0.6 is 24.0 Å². The van der Waals surface area contributed by atoms with Crippen molar-refractivity contribution in [2.75, 3.05) is 12.9 Å². The van der Waals surface area contributed by atoms with E-state index in [9.17, 15) is 4.79 Å². The monoisotopic (exact) mass is 338 g/mol. The van der Waals surface area contributed by atoms with Crippen LogP contribution in [0.15, 0.2) is 23.3 Å². The maximum atomic E-state index is 11.6. The molecule has 1 aromatic carbocycles. The fourth-order valence-corrected chi connectivity index (χ4v) is 2.71. The molecule has 0 spiro atoms. The molecule has 0 aliphatic carbocycles.